The van der Waals surface area contributed by atoms with Gasteiger partial charge in [0.15, 0.2) is 29.2 Å². The van der Waals surface area contributed by atoms with Crippen LogP contribution in [0.2, 0.25) is 0 Å². The number of fused-ring (bicyclic) bond motifs is 3. The van der Waals surface area contributed by atoms with Crippen molar-refractivity contribution in [2.24, 2.45) is 7.05 Å². The zero-order valence-electron chi connectivity index (χ0n) is 19.7. The first kappa shape index (κ1) is 21.2. The number of hydrogen-bond acceptors (Lipinski definition) is 9. The van der Waals surface area contributed by atoms with Crippen molar-refractivity contribution in [3.8, 4) is 11.6 Å². The highest BCUT2D eigenvalue weighted by Gasteiger charge is 2.42. The van der Waals surface area contributed by atoms with Crippen molar-refractivity contribution in [3.05, 3.63) is 53.8 Å². The zero-order chi connectivity index (χ0) is 24.1. The third-order valence-corrected chi connectivity index (χ3v) is 6.74. The van der Waals surface area contributed by atoms with E-state index >= 15 is 0 Å². The van der Waals surface area contributed by atoms with E-state index in [9.17, 15) is 0 Å². The van der Waals surface area contributed by atoms with E-state index < -0.39 is 0 Å². The standard InChI is InChI=1S/C24H24N10O/c1-14-7-20(25-2)26-10-18(14)35-22-9-17(23-24(29-22)33(4)13-27-23)28-19-5-6-21(31-30-19)34-12-15-8-16(34)11-32(15)3/h5-7,9-10,13,15-16H,8,11-12H2,1,3-4H3,(H,28,29,30)/t15-,16-/m1/s1. The zero-order valence-corrected chi connectivity index (χ0v) is 19.7. The van der Waals surface area contributed by atoms with Crippen LogP contribution in [0.4, 0.5) is 23.1 Å². The number of anilines is 3. The molecule has 2 atom stereocenters. The number of nitrogens with one attached hydrogen (secondary N) is 1. The third kappa shape index (κ3) is 3.77. The Morgan fingerprint density at radius 2 is 2.00 bits per heavy atom. The molecule has 2 aliphatic heterocycles. The highest BCUT2D eigenvalue weighted by atomic mass is 16.5. The number of ether oxygens (including phenoxy) is 1. The van der Waals surface area contributed by atoms with Gasteiger partial charge in [0.05, 0.1) is 12.0 Å². The fraction of sp³-hybridized carbons (Fsp3) is 0.333. The smallest absolute Gasteiger partial charge is 0.269 e. The first-order valence-electron chi connectivity index (χ1n) is 11.4. The highest BCUT2D eigenvalue weighted by molar-refractivity contribution is 5.88. The Morgan fingerprint density at radius 3 is 2.69 bits per heavy atom. The molecule has 4 aromatic rings. The molecule has 0 amide bonds. The number of imidazole rings is 1. The lowest BCUT2D eigenvalue weighted by atomic mass is 10.2. The number of rotatable bonds is 5. The Kier molecular flexibility index (Phi) is 4.96. The molecule has 35 heavy (non-hydrogen) atoms. The van der Waals surface area contributed by atoms with E-state index in [0.29, 0.717) is 52.2 Å². The quantitative estimate of drug-likeness (QED) is 0.441. The summed E-state index contributed by atoms with van der Waals surface area (Å²) in [6.45, 7) is 11.1. The van der Waals surface area contributed by atoms with Gasteiger partial charge in [0, 0.05) is 38.3 Å². The van der Waals surface area contributed by atoms with E-state index in [1.54, 1.807) is 18.5 Å². The van der Waals surface area contributed by atoms with Crippen molar-refractivity contribution in [1.29, 1.82) is 0 Å². The maximum atomic E-state index is 7.13. The summed E-state index contributed by atoms with van der Waals surface area (Å²) in [6.07, 6.45) is 4.43. The van der Waals surface area contributed by atoms with E-state index in [2.05, 4.69) is 52.2 Å². The molecule has 0 unspecified atom stereocenters. The summed E-state index contributed by atoms with van der Waals surface area (Å²) in [4.78, 5) is 21.3. The van der Waals surface area contributed by atoms with Gasteiger partial charge in [-0.3, -0.25) is 4.90 Å². The van der Waals surface area contributed by atoms with Crippen molar-refractivity contribution in [1.82, 2.24) is 34.6 Å². The average Bonchev–Trinajstić information content (AvgIpc) is 3.55. The molecule has 1 N–H and O–H groups in total. The Bertz CT molecular complexity index is 1460. The lowest BCUT2D eigenvalue weighted by Crippen LogP contribution is -2.44. The normalized spacial score (nSPS) is 19.3. The van der Waals surface area contributed by atoms with Gasteiger partial charge in [0.2, 0.25) is 5.88 Å². The van der Waals surface area contributed by atoms with Gasteiger partial charge in [-0.25, -0.2) is 4.98 Å². The maximum Gasteiger partial charge on any atom is 0.269 e. The second kappa shape index (κ2) is 8.18. The number of likely N-dealkylation sites (tertiary alicyclic amines) is 1. The fourth-order valence-electron chi connectivity index (χ4n) is 4.86. The second-order valence-corrected chi connectivity index (χ2v) is 9.09. The van der Waals surface area contributed by atoms with Crippen LogP contribution in [0, 0.1) is 13.5 Å². The Hall–Kier alpha value is -4.30. The SMILES string of the molecule is [C-]#[N+]c1cc(C)c(Oc2cc(Nc3ccc(N4C[C@H]5C[C@@H]4CN5C)nn3)c3ncn(C)c3n2)cn1. The minimum absolute atomic E-state index is 0.322. The Morgan fingerprint density at radius 1 is 1.11 bits per heavy atom. The molecule has 0 aromatic carbocycles. The lowest BCUT2D eigenvalue weighted by Gasteiger charge is -2.32. The topological polar surface area (TPSA) is 101 Å². The molecule has 2 saturated heterocycles. The number of aryl methyl sites for hydroxylation is 2. The van der Waals surface area contributed by atoms with Gasteiger partial charge in [-0.05, 0) is 44.2 Å². The van der Waals surface area contributed by atoms with Crippen LogP contribution in [-0.4, -0.2) is 66.8 Å². The molecule has 2 bridgehead atoms. The van der Waals surface area contributed by atoms with Crippen molar-refractivity contribution in [2.45, 2.75) is 25.4 Å². The van der Waals surface area contributed by atoms with Crippen molar-refractivity contribution in [3.63, 3.8) is 0 Å². The molecular formula is C24H24N10O. The molecule has 176 valence electrons. The number of likely N-dealkylation sites (N-methyl/N-ethyl adjacent to an activating group) is 1. The Balaban J connectivity index is 1.27. The van der Waals surface area contributed by atoms with Crippen LogP contribution in [0.5, 0.6) is 11.6 Å². The molecule has 6 rings (SSSR count). The molecule has 0 saturated carbocycles. The predicted octanol–water partition coefficient (Wildman–Crippen LogP) is 3.44. The number of aromatic nitrogens is 6. The summed E-state index contributed by atoms with van der Waals surface area (Å²) in [6, 6.07) is 8.52. The molecule has 2 fully saturated rings. The molecular weight excluding hydrogens is 444 g/mol. The van der Waals surface area contributed by atoms with Crippen LogP contribution < -0.4 is 15.0 Å². The van der Waals surface area contributed by atoms with E-state index in [1.165, 1.54) is 12.6 Å². The van der Waals surface area contributed by atoms with Gasteiger partial charge in [-0.2, -0.15) is 4.98 Å². The second-order valence-electron chi connectivity index (χ2n) is 9.09. The van der Waals surface area contributed by atoms with Gasteiger partial charge in [-0.15, -0.1) is 15.2 Å². The van der Waals surface area contributed by atoms with E-state index in [1.807, 2.05) is 30.7 Å². The molecule has 11 heteroatoms. The van der Waals surface area contributed by atoms with E-state index in [4.69, 9.17) is 11.3 Å². The minimum atomic E-state index is 0.322. The molecule has 2 aliphatic rings. The summed E-state index contributed by atoms with van der Waals surface area (Å²) in [7, 11) is 4.06. The number of nitrogens with zero attached hydrogens (tertiary/aromatic N) is 9. The van der Waals surface area contributed by atoms with Crippen molar-refractivity contribution >= 4 is 34.3 Å². The van der Waals surface area contributed by atoms with Crippen LogP contribution in [-0.2, 0) is 7.05 Å². The lowest BCUT2D eigenvalue weighted by molar-refractivity contribution is 0.292. The fourth-order valence-corrected chi connectivity index (χ4v) is 4.86. The first-order valence-corrected chi connectivity index (χ1v) is 11.4. The third-order valence-electron chi connectivity index (χ3n) is 6.74. The summed E-state index contributed by atoms with van der Waals surface area (Å²) >= 11 is 0. The summed E-state index contributed by atoms with van der Waals surface area (Å²) < 4.78 is 7.87. The largest absolute Gasteiger partial charge is 0.435 e. The van der Waals surface area contributed by atoms with Crippen LogP contribution >= 0.6 is 0 Å². The van der Waals surface area contributed by atoms with Gasteiger partial charge < -0.3 is 24.4 Å². The molecule has 11 nitrogen and oxygen atoms in total. The summed E-state index contributed by atoms with van der Waals surface area (Å²) in [5.41, 5.74) is 2.87. The van der Waals surface area contributed by atoms with Gasteiger partial charge >= 0.3 is 0 Å². The minimum Gasteiger partial charge on any atom is -0.435 e. The monoisotopic (exact) mass is 468 g/mol. The van der Waals surface area contributed by atoms with Gasteiger partial charge in [0.25, 0.3) is 5.82 Å². The molecule has 0 spiro atoms. The first-order chi connectivity index (χ1) is 17.0. The number of piperazine rings is 1. The molecule has 0 aliphatic carbocycles. The number of pyridine rings is 2. The van der Waals surface area contributed by atoms with Crippen molar-refractivity contribution in [2.75, 3.05) is 30.4 Å². The van der Waals surface area contributed by atoms with Crippen LogP contribution in [0.25, 0.3) is 16.0 Å². The maximum absolute atomic E-state index is 7.13. The van der Waals surface area contributed by atoms with Gasteiger partial charge in [0.1, 0.15) is 5.52 Å². The summed E-state index contributed by atoms with van der Waals surface area (Å²) in [5, 5.41) is 12.3. The molecule has 0 radical (unpaired) electrons. The summed E-state index contributed by atoms with van der Waals surface area (Å²) in [5.74, 6) is 2.75. The van der Waals surface area contributed by atoms with Crippen molar-refractivity contribution < 1.29 is 4.74 Å². The van der Waals surface area contributed by atoms with Gasteiger partial charge in [-0.1, -0.05) is 6.57 Å². The van der Waals surface area contributed by atoms with Crippen LogP contribution in [0.3, 0.4) is 0 Å². The number of hydrogen-bond donors (Lipinski definition) is 1. The predicted molar refractivity (Wildman–Crippen MR) is 131 cm³/mol. The van der Waals surface area contributed by atoms with Crippen LogP contribution in [0.15, 0.2) is 36.8 Å². The van der Waals surface area contributed by atoms with E-state index in [0.717, 1.165) is 24.5 Å². The average molecular weight is 469 g/mol. The van der Waals surface area contributed by atoms with E-state index in [-0.39, 0.29) is 0 Å². The molecule has 6 heterocycles. The Labute approximate surface area is 202 Å². The molecule has 4 aromatic heterocycles. The highest BCUT2D eigenvalue weighted by Crippen LogP contribution is 2.34. The van der Waals surface area contributed by atoms with Crippen LogP contribution in [0.1, 0.15) is 12.0 Å².